The molecule has 0 saturated heterocycles. The number of nitrogens with one attached hydrogen (secondary N) is 2. The molecule has 2 rings (SSSR count). The highest BCUT2D eigenvalue weighted by Crippen LogP contribution is 2.39. The highest BCUT2D eigenvalue weighted by molar-refractivity contribution is 5.05. The molecule has 11 heavy (non-hydrogen) atoms. The molecule has 4 heteroatoms. The number of aromatic nitrogens is 3. The van der Waals surface area contributed by atoms with Gasteiger partial charge in [-0.25, -0.2) is 0 Å². The molecule has 1 aliphatic rings. The van der Waals surface area contributed by atoms with Crippen LogP contribution < -0.4 is 5.32 Å². The van der Waals surface area contributed by atoms with Crippen molar-refractivity contribution in [3.05, 3.63) is 11.9 Å². The first-order valence-electron chi connectivity index (χ1n) is 3.94. The number of hydrogen-bond acceptors (Lipinski definition) is 3. The summed E-state index contributed by atoms with van der Waals surface area (Å²) in [5.74, 6) is 0.782. The predicted octanol–water partition coefficient (Wildman–Crippen LogP) is 0.475. The van der Waals surface area contributed by atoms with Gasteiger partial charge in [-0.05, 0) is 25.8 Å². The average molecular weight is 152 g/mol. The van der Waals surface area contributed by atoms with Gasteiger partial charge in [-0.3, -0.25) is 0 Å². The molecule has 0 amide bonds. The van der Waals surface area contributed by atoms with Crippen LogP contribution in [0.3, 0.4) is 0 Å². The summed E-state index contributed by atoms with van der Waals surface area (Å²) in [5, 5.41) is 13.7. The number of rotatable bonds is 3. The number of hydrogen-bond donors (Lipinski definition) is 2. The average Bonchev–Trinajstić information content (AvgIpc) is 2.68. The second kappa shape index (κ2) is 2.62. The minimum atomic E-state index is 0.411. The van der Waals surface area contributed by atoms with E-state index in [1.54, 1.807) is 6.20 Å². The van der Waals surface area contributed by atoms with Crippen LogP contribution >= 0.6 is 0 Å². The summed E-state index contributed by atoms with van der Waals surface area (Å²) < 4.78 is 0. The van der Waals surface area contributed by atoms with Gasteiger partial charge in [0, 0.05) is 0 Å². The van der Waals surface area contributed by atoms with Gasteiger partial charge >= 0.3 is 0 Å². The molecule has 0 radical (unpaired) electrons. The lowest BCUT2D eigenvalue weighted by Crippen LogP contribution is -2.18. The van der Waals surface area contributed by atoms with E-state index >= 15 is 0 Å². The third-order valence-corrected chi connectivity index (χ3v) is 2.16. The lowest BCUT2D eigenvalue weighted by molar-refractivity contribution is 0.514. The van der Waals surface area contributed by atoms with Crippen molar-refractivity contribution in [3.8, 4) is 0 Å². The van der Waals surface area contributed by atoms with Gasteiger partial charge in [0.05, 0.1) is 17.9 Å². The summed E-state index contributed by atoms with van der Waals surface area (Å²) in [6.07, 6.45) is 4.43. The maximum Gasteiger partial charge on any atom is 0.0996 e. The van der Waals surface area contributed by atoms with Crippen molar-refractivity contribution >= 4 is 0 Å². The van der Waals surface area contributed by atoms with Crippen molar-refractivity contribution in [1.82, 2.24) is 20.7 Å². The summed E-state index contributed by atoms with van der Waals surface area (Å²) in [7, 11) is 1.97. The Labute approximate surface area is 65.4 Å². The molecule has 1 aromatic heterocycles. The Bertz CT molecular complexity index is 214. The number of aromatic amines is 1. The summed E-state index contributed by atoms with van der Waals surface area (Å²) >= 11 is 0. The van der Waals surface area contributed by atoms with Crippen molar-refractivity contribution in [1.29, 1.82) is 0 Å². The van der Waals surface area contributed by atoms with E-state index in [-0.39, 0.29) is 0 Å². The molecule has 1 aromatic rings. The van der Waals surface area contributed by atoms with Gasteiger partial charge in [0.15, 0.2) is 0 Å². The van der Waals surface area contributed by atoms with Crippen LogP contribution in [0.15, 0.2) is 6.20 Å². The Morgan fingerprint density at radius 1 is 1.73 bits per heavy atom. The van der Waals surface area contributed by atoms with E-state index in [1.807, 2.05) is 7.05 Å². The normalized spacial score (nSPS) is 20.1. The van der Waals surface area contributed by atoms with Gasteiger partial charge < -0.3 is 5.32 Å². The molecule has 0 spiro atoms. The smallest absolute Gasteiger partial charge is 0.0996 e. The second-order valence-corrected chi connectivity index (χ2v) is 3.00. The first-order valence-corrected chi connectivity index (χ1v) is 3.94. The Morgan fingerprint density at radius 3 is 3.00 bits per heavy atom. The SMILES string of the molecule is CNC(c1cn[nH]n1)C1CC1. The lowest BCUT2D eigenvalue weighted by Gasteiger charge is -2.10. The number of H-pyrrole nitrogens is 1. The molecular formula is C7H12N4. The van der Waals surface area contributed by atoms with Gasteiger partial charge in [-0.15, -0.1) is 0 Å². The van der Waals surface area contributed by atoms with Crippen LogP contribution in [0.1, 0.15) is 24.6 Å². The second-order valence-electron chi connectivity index (χ2n) is 3.00. The largest absolute Gasteiger partial charge is 0.311 e. The molecule has 1 atom stereocenters. The predicted molar refractivity (Wildman–Crippen MR) is 40.9 cm³/mol. The molecule has 1 fully saturated rings. The van der Waals surface area contributed by atoms with E-state index in [4.69, 9.17) is 0 Å². The molecule has 2 N–H and O–H groups in total. The molecule has 1 aliphatic carbocycles. The summed E-state index contributed by atoms with van der Waals surface area (Å²) in [6, 6.07) is 0.411. The van der Waals surface area contributed by atoms with E-state index in [0.717, 1.165) is 11.6 Å². The van der Waals surface area contributed by atoms with E-state index in [2.05, 4.69) is 20.7 Å². The molecule has 60 valence electrons. The monoisotopic (exact) mass is 152 g/mol. The lowest BCUT2D eigenvalue weighted by atomic mass is 10.1. The zero-order valence-corrected chi connectivity index (χ0v) is 6.54. The van der Waals surface area contributed by atoms with Crippen LogP contribution in [0.4, 0.5) is 0 Å². The third-order valence-electron chi connectivity index (χ3n) is 2.16. The fraction of sp³-hybridized carbons (Fsp3) is 0.714. The van der Waals surface area contributed by atoms with E-state index in [9.17, 15) is 0 Å². The molecule has 0 aromatic carbocycles. The third kappa shape index (κ3) is 1.26. The Kier molecular flexibility index (Phi) is 1.62. The molecule has 1 heterocycles. The van der Waals surface area contributed by atoms with Gasteiger partial charge in [0.1, 0.15) is 0 Å². The van der Waals surface area contributed by atoms with Gasteiger partial charge in [0.2, 0.25) is 0 Å². The van der Waals surface area contributed by atoms with E-state index in [0.29, 0.717) is 6.04 Å². The summed E-state index contributed by atoms with van der Waals surface area (Å²) in [5.41, 5.74) is 1.04. The van der Waals surface area contributed by atoms with Crippen molar-refractivity contribution in [3.63, 3.8) is 0 Å². The minimum absolute atomic E-state index is 0.411. The van der Waals surface area contributed by atoms with Crippen LogP contribution in [0, 0.1) is 5.92 Å². The summed E-state index contributed by atoms with van der Waals surface area (Å²) in [4.78, 5) is 0. The first-order chi connectivity index (χ1) is 5.42. The number of nitrogens with zero attached hydrogens (tertiary/aromatic N) is 2. The van der Waals surface area contributed by atoms with Crippen molar-refractivity contribution in [2.75, 3.05) is 7.05 Å². The zero-order chi connectivity index (χ0) is 7.68. The maximum absolute atomic E-state index is 4.05. The van der Waals surface area contributed by atoms with Crippen LogP contribution in [-0.2, 0) is 0 Å². The highest BCUT2D eigenvalue weighted by atomic mass is 15.3. The molecule has 4 nitrogen and oxygen atoms in total. The molecule has 1 saturated carbocycles. The molecule has 0 bridgehead atoms. The molecule has 1 unspecified atom stereocenters. The van der Waals surface area contributed by atoms with Crippen LogP contribution in [0.2, 0.25) is 0 Å². The van der Waals surface area contributed by atoms with Crippen molar-refractivity contribution < 1.29 is 0 Å². The first kappa shape index (κ1) is 6.79. The van der Waals surface area contributed by atoms with Crippen LogP contribution in [0.25, 0.3) is 0 Å². The summed E-state index contributed by atoms with van der Waals surface area (Å²) in [6.45, 7) is 0. The quantitative estimate of drug-likeness (QED) is 0.662. The van der Waals surface area contributed by atoms with Crippen LogP contribution in [0.5, 0.6) is 0 Å². The van der Waals surface area contributed by atoms with Crippen molar-refractivity contribution in [2.45, 2.75) is 18.9 Å². The fourth-order valence-corrected chi connectivity index (χ4v) is 1.41. The fourth-order valence-electron chi connectivity index (χ4n) is 1.41. The Balaban J connectivity index is 2.11. The Morgan fingerprint density at radius 2 is 2.55 bits per heavy atom. The standard InChI is InChI=1S/C7H12N4/c1-8-7(5-2-3-5)6-4-9-11-10-6/h4-5,7-8H,2-3H2,1H3,(H,9,10,11). The van der Waals surface area contributed by atoms with Gasteiger partial charge in [0.25, 0.3) is 0 Å². The Hall–Kier alpha value is -0.900. The molecular weight excluding hydrogens is 140 g/mol. The van der Waals surface area contributed by atoms with Gasteiger partial charge in [-0.1, -0.05) is 0 Å². The molecule has 0 aliphatic heterocycles. The topological polar surface area (TPSA) is 53.6 Å². The van der Waals surface area contributed by atoms with E-state index < -0.39 is 0 Å². The maximum atomic E-state index is 4.05. The zero-order valence-electron chi connectivity index (χ0n) is 6.54. The van der Waals surface area contributed by atoms with Crippen LogP contribution in [-0.4, -0.2) is 22.5 Å². The highest BCUT2D eigenvalue weighted by Gasteiger charge is 2.32. The van der Waals surface area contributed by atoms with E-state index in [1.165, 1.54) is 12.8 Å². The van der Waals surface area contributed by atoms with Crippen molar-refractivity contribution in [2.24, 2.45) is 5.92 Å². The van der Waals surface area contributed by atoms with Gasteiger partial charge in [-0.2, -0.15) is 15.4 Å². The minimum Gasteiger partial charge on any atom is -0.311 e.